The minimum absolute atomic E-state index is 0.118. The highest BCUT2D eigenvalue weighted by Gasteiger charge is 2.17. The van der Waals surface area contributed by atoms with Gasteiger partial charge in [0.05, 0.1) is 13.2 Å². The van der Waals surface area contributed by atoms with Crippen LogP contribution in [0.4, 0.5) is 0 Å². The molecule has 1 atom stereocenters. The van der Waals surface area contributed by atoms with Gasteiger partial charge < -0.3 is 10.1 Å². The van der Waals surface area contributed by atoms with Gasteiger partial charge >= 0.3 is 0 Å². The van der Waals surface area contributed by atoms with E-state index >= 15 is 0 Å². The maximum atomic E-state index is 6.21. The molecule has 3 heteroatoms. The van der Waals surface area contributed by atoms with E-state index in [2.05, 4.69) is 44.3 Å². The number of hydrogen-bond acceptors (Lipinski definition) is 2. The van der Waals surface area contributed by atoms with Crippen molar-refractivity contribution in [3.8, 4) is 5.75 Å². The van der Waals surface area contributed by atoms with Crippen LogP contribution in [-0.2, 0) is 0 Å². The number of ether oxygens (including phenoxy) is 1. The molecule has 1 unspecified atom stereocenters. The number of rotatable bonds is 4. The van der Waals surface area contributed by atoms with Gasteiger partial charge in [0.1, 0.15) is 5.75 Å². The van der Waals surface area contributed by atoms with Crippen molar-refractivity contribution in [1.82, 2.24) is 5.32 Å². The summed E-state index contributed by atoms with van der Waals surface area (Å²) in [6, 6.07) is 10.6. The van der Waals surface area contributed by atoms with E-state index in [0.29, 0.717) is 0 Å². The minimum Gasteiger partial charge on any atom is -0.496 e. The normalized spacial score (nSPS) is 12.3. The first-order valence-corrected chi connectivity index (χ1v) is 7.43. The molecule has 112 valence electrons. The lowest BCUT2D eigenvalue weighted by Crippen LogP contribution is -2.19. The molecule has 0 saturated heterocycles. The first-order valence-electron chi connectivity index (χ1n) is 7.05. The van der Waals surface area contributed by atoms with Crippen molar-refractivity contribution in [2.45, 2.75) is 26.8 Å². The second-order valence-corrected chi connectivity index (χ2v) is 5.90. The van der Waals surface area contributed by atoms with Crippen molar-refractivity contribution in [2.24, 2.45) is 0 Å². The Balaban J connectivity index is 2.53. The highest BCUT2D eigenvalue weighted by molar-refractivity contribution is 6.30. The molecule has 2 aromatic carbocycles. The number of halogens is 1. The quantitative estimate of drug-likeness (QED) is 0.892. The van der Waals surface area contributed by atoms with Crippen molar-refractivity contribution in [3.05, 3.63) is 63.2 Å². The molecule has 0 radical (unpaired) electrons. The summed E-state index contributed by atoms with van der Waals surface area (Å²) < 4.78 is 5.40. The number of hydrogen-bond donors (Lipinski definition) is 1. The summed E-state index contributed by atoms with van der Waals surface area (Å²) in [6.07, 6.45) is 0. The van der Waals surface area contributed by atoms with Gasteiger partial charge in [0, 0.05) is 5.02 Å². The highest BCUT2D eigenvalue weighted by atomic mass is 35.5. The van der Waals surface area contributed by atoms with Crippen LogP contribution in [0.25, 0.3) is 0 Å². The summed E-state index contributed by atoms with van der Waals surface area (Å²) in [7, 11) is 3.68. The van der Waals surface area contributed by atoms with Gasteiger partial charge in [0.25, 0.3) is 0 Å². The molecule has 0 aliphatic carbocycles. The van der Waals surface area contributed by atoms with E-state index in [1.54, 1.807) is 7.11 Å². The molecular formula is C18H22ClNO. The summed E-state index contributed by atoms with van der Waals surface area (Å²) in [4.78, 5) is 0. The monoisotopic (exact) mass is 303 g/mol. The van der Waals surface area contributed by atoms with E-state index in [1.807, 2.05) is 19.2 Å². The maximum absolute atomic E-state index is 6.21. The number of aryl methyl sites for hydroxylation is 3. The Morgan fingerprint density at radius 1 is 1.00 bits per heavy atom. The van der Waals surface area contributed by atoms with Crippen molar-refractivity contribution < 1.29 is 4.74 Å². The number of benzene rings is 2. The zero-order valence-corrected chi connectivity index (χ0v) is 14.0. The number of nitrogens with one attached hydrogen (secondary N) is 1. The molecule has 0 aromatic heterocycles. The topological polar surface area (TPSA) is 21.3 Å². The van der Waals surface area contributed by atoms with Gasteiger partial charge in [-0.15, -0.1) is 0 Å². The van der Waals surface area contributed by atoms with Gasteiger partial charge in [-0.25, -0.2) is 0 Å². The molecular weight excluding hydrogens is 282 g/mol. The maximum Gasteiger partial charge on any atom is 0.122 e. The Bertz CT molecular complexity index is 632. The molecule has 21 heavy (non-hydrogen) atoms. The Hall–Kier alpha value is -1.51. The van der Waals surface area contributed by atoms with Crippen molar-refractivity contribution in [1.29, 1.82) is 0 Å². The van der Waals surface area contributed by atoms with Crippen LogP contribution in [0.5, 0.6) is 5.75 Å². The molecule has 2 aromatic rings. The SMILES string of the molecule is CNC(c1cc(C)cc(Cl)c1)c1cc(C)c(OC)cc1C. The average molecular weight is 304 g/mol. The summed E-state index contributed by atoms with van der Waals surface area (Å²) in [5.41, 5.74) is 5.93. The smallest absolute Gasteiger partial charge is 0.122 e. The predicted octanol–water partition coefficient (Wildman–Crippen LogP) is 4.58. The van der Waals surface area contributed by atoms with Gasteiger partial charge in [0.2, 0.25) is 0 Å². The van der Waals surface area contributed by atoms with Crippen LogP contribution < -0.4 is 10.1 Å². The van der Waals surface area contributed by atoms with Gasteiger partial charge in [-0.05, 0) is 73.8 Å². The first-order chi connectivity index (χ1) is 9.96. The van der Waals surface area contributed by atoms with Crippen molar-refractivity contribution in [2.75, 3.05) is 14.2 Å². The van der Waals surface area contributed by atoms with Crippen LogP contribution >= 0.6 is 11.6 Å². The van der Waals surface area contributed by atoms with Gasteiger partial charge in [-0.2, -0.15) is 0 Å². The second-order valence-electron chi connectivity index (χ2n) is 5.46. The zero-order valence-electron chi connectivity index (χ0n) is 13.3. The molecule has 0 aliphatic rings. The van der Waals surface area contributed by atoms with E-state index in [1.165, 1.54) is 22.3 Å². The molecule has 2 rings (SSSR count). The average Bonchev–Trinajstić information content (AvgIpc) is 2.42. The van der Waals surface area contributed by atoms with Crippen LogP contribution in [0, 0.1) is 20.8 Å². The predicted molar refractivity (Wildman–Crippen MR) is 89.6 cm³/mol. The largest absolute Gasteiger partial charge is 0.496 e. The fourth-order valence-corrected chi connectivity index (χ4v) is 3.07. The molecule has 1 N–H and O–H groups in total. The van der Waals surface area contributed by atoms with Crippen LogP contribution in [-0.4, -0.2) is 14.2 Å². The zero-order chi connectivity index (χ0) is 15.6. The van der Waals surface area contributed by atoms with Crippen LogP contribution in [0.2, 0.25) is 5.02 Å². The Kier molecular flexibility index (Phi) is 4.92. The third-order valence-corrected chi connectivity index (χ3v) is 4.00. The third kappa shape index (κ3) is 3.39. The molecule has 0 amide bonds. The van der Waals surface area contributed by atoms with Crippen molar-refractivity contribution in [3.63, 3.8) is 0 Å². The molecule has 0 spiro atoms. The van der Waals surface area contributed by atoms with E-state index in [9.17, 15) is 0 Å². The Morgan fingerprint density at radius 2 is 1.71 bits per heavy atom. The Morgan fingerprint density at radius 3 is 2.29 bits per heavy atom. The lowest BCUT2D eigenvalue weighted by molar-refractivity contribution is 0.411. The molecule has 0 aliphatic heterocycles. The third-order valence-electron chi connectivity index (χ3n) is 3.78. The van der Waals surface area contributed by atoms with Crippen LogP contribution in [0.15, 0.2) is 30.3 Å². The fourth-order valence-electron chi connectivity index (χ4n) is 2.78. The molecule has 0 bridgehead atoms. The molecule has 0 saturated carbocycles. The molecule has 0 fully saturated rings. The summed E-state index contributed by atoms with van der Waals surface area (Å²) in [5, 5.41) is 4.17. The lowest BCUT2D eigenvalue weighted by atomic mass is 9.92. The minimum atomic E-state index is 0.118. The molecule has 0 heterocycles. The lowest BCUT2D eigenvalue weighted by Gasteiger charge is -2.22. The van der Waals surface area contributed by atoms with Gasteiger partial charge in [-0.1, -0.05) is 23.7 Å². The molecule has 2 nitrogen and oxygen atoms in total. The summed E-state index contributed by atoms with van der Waals surface area (Å²) in [5.74, 6) is 0.924. The van der Waals surface area contributed by atoms with Gasteiger partial charge in [-0.3, -0.25) is 0 Å². The van der Waals surface area contributed by atoms with E-state index in [4.69, 9.17) is 16.3 Å². The summed E-state index contributed by atoms with van der Waals surface area (Å²) >= 11 is 6.21. The first kappa shape index (κ1) is 15.9. The van der Waals surface area contributed by atoms with E-state index in [0.717, 1.165) is 16.3 Å². The Labute approximate surface area is 132 Å². The van der Waals surface area contributed by atoms with Gasteiger partial charge in [0.15, 0.2) is 0 Å². The van der Waals surface area contributed by atoms with Crippen LogP contribution in [0.3, 0.4) is 0 Å². The van der Waals surface area contributed by atoms with E-state index in [-0.39, 0.29) is 6.04 Å². The summed E-state index contributed by atoms with van der Waals surface area (Å²) in [6.45, 7) is 6.24. The number of methoxy groups -OCH3 is 1. The van der Waals surface area contributed by atoms with Crippen molar-refractivity contribution >= 4 is 11.6 Å². The highest BCUT2D eigenvalue weighted by Crippen LogP contribution is 2.31. The van der Waals surface area contributed by atoms with E-state index < -0.39 is 0 Å². The standard InChI is InChI=1S/C18H22ClNO/c1-11-6-14(10-15(19)7-11)18(20-4)16-8-13(3)17(21-5)9-12(16)2/h6-10,18,20H,1-5H3. The van der Waals surface area contributed by atoms with Crippen LogP contribution in [0.1, 0.15) is 33.9 Å². The second kappa shape index (κ2) is 6.50. The fraction of sp³-hybridized carbons (Fsp3) is 0.333.